The Bertz CT molecular complexity index is 227. The number of carbonyl (C=O) groups is 1. The van der Waals surface area contributed by atoms with E-state index in [2.05, 4.69) is 10.6 Å². The maximum absolute atomic E-state index is 11.8. The van der Waals surface area contributed by atoms with Gasteiger partial charge in [0.05, 0.1) is 0 Å². The first-order valence-corrected chi connectivity index (χ1v) is 6.22. The summed E-state index contributed by atoms with van der Waals surface area (Å²) in [6.07, 6.45) is 3.17. The maximum Gasteiger partial charge on any atom is 0.220 e. The third kappa shape index (κ3) is 4.10. The van der Waals surface area contributed by atoms with Gasteiger partial charge in [-0.2, -0.15) is 0 Å². The van der Waals surface area contributed by atoms with Crippen molar-refractivity contribution in [2.75, 3.05) is 19.7 Å². The summed E-state index contributed by atoms with van der Waals surface area (Å²) in [7, 11) is 0. The van der Waals surface area contributed by atoms with Crippen molar-refractivity contribution in [1.82, 2.24) is 10.6 Å². The second-order valence-corrected chi connectivity index (χ2v) is 5.00. The van der Waals surface area contributed by atoms with Crippen molar-refractivity contribution >= 4 is 5.91 Å². The molecule has 1 heterocycles. The molecule has 1 aliphatic rings. The lowest BCUT2D eigenvalue weighted by Gasteiger charge is -2.29. The van der Waals surface area contributed by atoms with E-state index >= 15 is 0 Å². The first-order valence-electron chi connectivity index (χ1n) is 6.22. The van der Waals surface area contributed by atoms with Crippen LogP contribution >= 0.6 is 0 Å². The fraction of sp³-hybridized carbons (Fsp3) is 0.917. The molecule has 2 unspecified atom stereocenters. The second-order valence-electron chi connectivity index (χ2n) is 5.00. The number of carbonyl (C=O) groups excluding carboxylic acids is 1. The van der Waals surface area contributed by atoms with Crippen LogP contribution in [0.25, 0.3) is 0 Å². The van der Waals surface area contributed by atoms with E-state index in [1.165, 1.54) is 0 Å². The smallest absolute Gasteiger partial charge is 0.220 e. The van der Waals surface area contributed by atoms with Gasteiger partial charge >= 0.3 is 0 Å². The molecule has 94 valence electrons. The summed E-state index contributed by atoms with van der Waals surface area (Å²) in [5.41, 5.74) is -0.252. The Morgan fingerprint density at radius 1 is 1.62 bits per heavy atom. The number of hydrogen-bond donors (Lipinski definition) is 3. The van der Waals surface area contributed by atoms with E-state index in [4.69, 9.17) is 5.11 Å². The third-order valence-electron chi connectivity index (χ3n) is 3.52. The van der Waals surface area contributed by atoms with Crippen LogP contribution in [0, 0.1) is 5.92 Å². The van der Waals surface area contributed by atoms with Crippen molar-refractivity contribution in [1.29, 1.82) is 0 Å². The van der Waals surface area contributed by atoms with Gasteiger partial charge in [-0.15, -0.1) is 0 Å². The monoisotopic (exact) mass is 228 g/mol. The first-order chi connectivity index (χ1) is 7.59. The van der Waals surface area contributed by atoms with Gasteiger partial charge in [-0.05, 0) is 45.2 Å². The topological polar surface area (TPSA) is 61.4 Å². The van der Waals surface area contributed by atoms with E-state index in [0.717, 1.165) is 25.9 Å². The van der Waals surface area contributed by atoms with Gasteiger partial charge in [0.1, 0.15) is 0 Å². The van der Waals surface area contributed by atoms with E-state index < -0.39 is 0 Å². The second kappa shape index (κ2) is 6.21. The predicted molar refractivity (Wildman–Crippen MR) is 64.1 cm³/mol. The lowest BCUT2D eigenvalue weighted by atomic mass is 9.94. The Kier molecular flexibility index (Phi) is 5.22. The molecule has 1 aliphatic heterocycles. The van der Waals surface area contributed by atoms with E-state index in [-0.39, 0.29) is 18.1 Å². The fourth-order valence-corrected chi connectivity index (χ4v) is 2.11. The maximum atomic E-state index is 11.8. The molecule has 0 aromatic rings. The minimum atomic E-state index is -0.252. The van der Waals surface area contributed by atoms with Gasteiger partial charge in [0.25, 0.3) is 0 Å². The number of amides is 1. The molecular weight excluding hydrogens is 204 g/mol. The van der Waals surface area contributed by atoms with E-state index in [1.54, 1.807) is 0 Å². The Morgan fingerprint density at radius 2 is 2.38 bits per heavy atom. The highest BCUT2D eigenvalue weighted by molar-refractivity contribution is 5.77. The minimum Gasteiger partial charge on any atom is -0.396 e. The SMILES string of the molecule is CCC(C)(CCO)NC(=O)CC1CCNC1. The molecule has 0 saturated carbocycles. The lowest BCUT2D eigenvalue weighted by Crippen LogP contribution is -2.46. The number of rotatable bonds is 6. The predicted octanol–water partition coefficient (Wildman–Crippen LogP) is 0.653. The van der Waals surface area contributed by atoms with Crippen molar-refractivity contribution in [2.24, 2.45) is 5.92 Å². The third-order valence-corrected chi connectivity index (χ3v) is 3.52. The van der Waals surface area contributed by atoms with Crippen molar-refractivity contribution in [3.8, 4) is 0 Å². The molecule has 16 heavy (non-hydrogen) atoms. The van der Waals surface area contributed by atoms with Crippen molar-refractivity contribution < 1.29 is 9.90 Å². The normalized spacial score (nSPS) is 24.1. The molecule has 3 N–H and O–H groups in total. The molecule has 0 radical (unpaired) electrons. The minimum absolute atomic E-state index is 0.117. The summed E-state index contributed by atoms with van der Waals surface area (Å²) < 4.78 is 0. The van der Waals surface area contributed by atoms with Gasteiger partial charge in [-0.1, -0.05) is 6.92 Å². The van der Waals surface area contributed by atoms with Crippen molar-refractivity contribution in [3.63, 3.8) is 0 Å². The number of nitrogens with one attached hydrogen (secondary N) is 2. The Morgan fingerprint density at radius 3 is 2.88 bits per heavy atom. The van der Waals surface area contributed by atoms with E-state index in [1.807, 2.05) is 13.8 Å². The molecule has 1 fully saturated rings. The highest BCUT2D eigenvalue weighted by atomic mass is 16.3. The summed E-state index contributed by atoms with van der Waals surface area (Å²) in [4.78, 5) is 11.8. The average Bonchev–Trinajstić information content (AvgIpc) is 2.70. The number of aliphatic hydroxyl groups excluding tert-OH is 1. The van der Waals surface area contributed by atoms with Gasteiger partial charge < -0.3 is 15.7 Å². The zero-order valence-electron chi connectivity index (χ0n) is 10.4. The standard InChI is InChI=1S/C12H24N2O2/c1-3-12(2,5-7-15)14-11(16)8-10-4-6-13-9-10/h10,13,15H,3-9H2,1-2H3,(H,14,16). The van der Waals surface area contributed by atoms with Crippen LogP contribution in [-0.4, -0.2) is 36.2 Å². The number of aliphatic hydroxyl groups is 1. The van der Waals surface area contributed by atoms with Crippen LogP contribution in [-0.2, 0) is 4.79 Å². The zero-order valence-corrected chi connectivity index (χ0v) is 10.4. The van der Waals surface area contributed by atoms with Gasteiger partial charge in [-0.25, -0.2) is 0 Å². The van der Waals surface area contributed by atoms with Gasteiger partial charge in [0, 0.05) is 18.6 Å². The molecule has 1 saturated heterocycles. The molecular formula is C12H24N2O2. The Balaban J connectivity index is 2.35. The number of hydrogen-bond acceptors (Lipinski definition) is 3. The van der Waals surface area contributed by atoms with Crippen molar-refractivity contribution in [2.45, 2.75) is 45.1 Å². The lowest BCUT2D eigenvalue weighted by molar-refractivity contribution is -0.123. The molecule has 1 rings (SSSR count). The quantitative estimate of drug-likeness (QED) is 0.625. The fourth-order valence-electron chi connectivity index (χ4n) is 2.11. The van der Waals surface area contributed by atoms with Crippen LogP contribution in [0.2, 0.25) is 0 Å². The summed E-state index contributed by atoms with van der Waals surface area (Å²) in [5.74, 6) is 0.599. The summed E-state index contributed by atoms with van der Waals surface area (Å²) >= 11 is 0. The highest BCUT2D eigenvalue weighted by Gasteiger charge is 2.25. The summed E-state index contributed by atoms with van der Waals surface area (Å²) in [6, 6.07) is 0. The molecule has 4 heteroatoms. The average molecular weight is 228 g/mol. The summed E-state index contributed by atoms with van der Waals surface area (Å²) in [5, 5.41) is 15.3. The zero-order chi connectivity index (χ0) is 12.0. The first kappa shape index (κ1) is 13.5. The van der Waals surface area contributed by atoms with E-state index in [0.29, 0.717) is 18.8 Å². The van der Waals surface area contributed by atoms with Crippen LogP contribution in [0.5, 0.6) is 0 Å². The summed E-state index contributed by atoms with van der Waals surface area (Å²) in [6.45, 7) is 6.13. The molecule has 0 aliphatic carbocycles. The Hall–Kier alpha value is -0.610. The van der Waals surface area contributed by atoms with Gasteiger partial charge in [0.2, 0.25) is 5.91 Å². The molecule has 0 aromatic carbocycles. The molecule has 1 amide bonds. The molecule has 0 bridgehead atoms. The van der Waals surface area contributed by atoms with Gasteiger partial charge in [0.15, 0.2) is 0 Å². The highest BCUT2D eigenvalue weighted by Crippen LogP contribution is 2.16. The van der Waals surface area contributed by atoms with Crippen LogP contribution in [0.4, 0.5) is 0 Å². The Labute approximate surface area is 97.8 Å². The van der Waals surface area contributed by atoms with Crippen LogP contribution in [0.1, 0.15) is 39.5 Å². The molecule has 4 nitrogen and oxygen atoms in total. The molecule has 2 atom stereocenters. The molecule has 0 spiro atoms. The van der Waals surface area contributed by atoms with E-state index in [9.17, 15) is 4.79 Å². The molecule has 0 aromatic heterocycles. The van der Waals surface area contributed by atoms with Crippen LogP contribution in [0.3, 0.4) is 0 Å². The van der Waals surface area contributed by atoms with Gasteiger partial charge in [-0.3, -0.25) is 4.79 Å². The van der Waals surface area contributed by atoms with Crippen LogP contribution < -0.4 is 10.6 Å². The van der Waals surface area contributed by atoms with Crippen LogP contribution in [0.15, 0.2) is 0 Å². The van der Waals surface area contributed by atoms with Crippen molar-refractivity contribution in [3.05, 3.63) is 0 Å². The largest absolute Gasteiger partial charge is 0.396 e.